The van der Waals surface area contributed by atoms with E-state index in [4.69, 9.17) is 0 Å². The molecule has 29 heavy (non-hydrogen) atoms. The fourth-order valence-corrected chi connectivity index (χ4v) is 31.9. The van der Waals surface area contributed by atoms with Crippen LogP contribution in [0.2, 0.25) is 43.6 Å². The van der Waals surface area contributed by atoms with Crippen LogP contribution in [0.4, 0.5) is 0 Å². The minimum atomic E-state index is -1.85. The van der Waals surface area contributed by atoms with E-state index in [1.807, 2.05) is 0 Å². The summed E-state index contributed by atoms with van der Waals surface area (Å²) in [5, 5.41) is 4.78. The van der Waals surface area contributed by atoms with E-state index >= 15 is 0 Å². The Morgan fingerprint density at radius 3 is 0.828 bits per heavy atom. The summed E-state index contributed by atoms with van der Waals surface area (Å²) in [6.45, 7) is 18.5. The Balaban J connectivity index is 2.33. The average molecular weight is 433 g/mol. The molecule has 0 N–H and O–H groups in total. The van der Waals surface area contributed by atoms with E-state index in [9.17, 15) is 0 Å². The van der Waals surface area contributed by atoms with Gasteiger partial charge in [0.1, 0.15) is 0 Å². The predicted octanol–water partition coefficient (Wildman–Crippen LogP) is 5.67. The summed E-state index contributed by atoms with van der Waals surface area (Å²) in [6.07, 6.45) is 0. The van der Waals surface area contributed by atoms with Gasteiger partial charge in [-0.05, 0) is 4.28 Å². The van der Waals surface area contributed by atoms with Crippen LogP contribution in [0.5, 0.6) is 0 Å². The Hall–Kier alpha value is -1.69. The SMILES string of the molecule is CC([Si](C)(C)c1ccccc1)([Si](C)(C)c1ccccc1)[Si](C)(C)c1ccccc1. The molecule has 152 valence electrons. The zero-order valence-corrected chi connectivity index (χ0v) is 22.2. The van der Waals surface area contributed by atoms with Crippen LogP contribution in [-0.4, -0.2) is 24.2 Å². The third kappa shape index (κ3) is 3.43. The lowest BCUT2D eigenvalue weighted by Crippen LogP contribution is -2.77. The van der Waals surface area contributed by atoms with Gasteiger partial charge in [0, 0.05) is 0 Å². The fourth-order valence-electron chi connectivity index (χ4n) is 5.77. The zero-order valence-electron chi connectivity index (χ0n) is 19.2. The lowest BCUT2D eigenvalue weighted by atomic mass is 10.4. The average Bonchev–Trinajstić information content (AvgIpc) is 2.74. The first-order valence-electron chi connectivity index (χ1n) is 10.7. The van der Waals surface area contributed by atoms with Crippen LogP contribution in [0.25, 0.3) is 0 Å². The van der Waals surface area contributed by atoms with Gasteiger partial charge in [0.15, 0.2) is 0 Å². The topological polar surface area (TPSA) is 0 Å². The van der Waals surface area contributed by atoms with Crippen LogP contribution < -0.4 is 15.6 Å². The molecule has 0 saturated carbocycles. The molecular weight excluding hydrogens is 397 g/mol. The first kappa shape index (κ1) is 22.0. The summed E-state index contributed by atoms with van der Waals surface area (Å²) in [5.74, 6) is 0. The number of hydrogen-bond acceptors (Lipinski definition) is 0. The molecule has 0 saturated heterocycles. The van der Waals surface area contributed by atoms with Gasteiger partial charge in [-0.1, -0.05) is 153 Å². The number of hydrogen-bond donors (Lipinski definition) is 0. The summed E-state index contributed by atoms with van der Waals surface area (Å²) in [4.78, 5) is 0. The van der Waals surface area contributed by atoms with Crippen molar-refractivity contribution in [1.82, 2.24) is 0 Å². The second-order valence-electron chi connectivity index (χ2n) is 10.1. The summed E-state index contributed by atoms with van der Waals surface area (Å²) in [7, 11) is -5.54. The summed E-state index contributed by atoms with van der Waals surface area (Å²) < 4.78 is 0.317. The molecule has 0 atom stereocenters. The minimum Gasteiger partial charge on any atom is -0.0659 e. The first-order valence-corrected chi connectivity index (χ1v) is 19.7. The van der Waals surface area contributed by atoms with Gasteiger partial charge in [-0.25, -0.2) is 0 Å². The number of rotatable bonds is 6. The van der Waals surface area contributed by atoms with E-state index in [0.717, 1.165) is 0 Å². The van der Waals surface area contributed by atoms with Crippen molar-refractivity contribution in [2.75, 3.05) is 0 Å². The van der Waals surface area contributed by atoms with Crippen molar-refractivity contribution in [3.63, 3.8) is 0 Å². The highest BCUT2D eigenvalue weighted by atomic mass is 28.5. The van der Waals surface area contributed by atoms with Gasteiger partial charge in [-0.3, -0.25) is 0 Å². The second kappa shape index (κ2) is 7.86. The predicted molar refractivity (Wildman–Crippen MR) is 139 cm³/mol. The van der Waals surface area contributed by atoms with Crippen molar-refractivity contribution in [3.8, 4) is 0 Å². The molecule has 3 aromatic rings. The van der Waals surface area contributed by atoms with Crippen molar-refractivity contribution >= 4 is 39.8 Å². The van der Waals surface area contributed by atoms with E-state index in [0.29, 0.717) is 4.28 Å². The van der Waals surface area contributed by atoms with Gasteiger partial charge in [-0.2, -0.15) is 0 Å². The molecule has 0 heterocycles. The van der Waals surface area contributed by atoms with Crippen molar-refractivity contribution in [1.29, 1.82) is 0 Å². The molecule has 0 aliphatic rings. The highest BCUT2D eigenvalue weighted by Crippen LogP contribution is 2.52. The molecule has 3 heteroatoms. The third-order valence-electron chi connectivity index (χ3n) is 8.24. The molecule has 0 spiro atoms. The van der Waals surface area contributed by atoms with Crippen molar-refractivity contribution in [3.05, 3.63) is 91.0 Å². The van der Waals surface area contributed by atoms with Gasteiger partial charge < -0.3 is 0 Å². The Labute approximate surface area is 181 Å². The van der Waals surface area contributed by atoms with E-state index in [-0.39, 0.29) is 0 Å². The summed E-state index contributed by atoms with van der Waals surface area (Å²) in [6, 6.07) is 34.3. The van der Waals surface area contributed by atoms with Crippen LogP contribution in [0, 0.1) is 0 Å². The highest BCUT2D eigenvalue weighted by molar-refractivity contribution is 7.25. The van der Waals surface area contributed by atoms with Crippen molar-refractivity contribution in [2.45, 2.75) is 50.5 Å². The minimum absolute atomic E-state index is 0.317. The van der Waals surface area contributed by atoms with E-state index in [1.54, 1.807) is 15.6 Å². The third-order valence-corrected chi connectivity index (χ3v) is 32.3. The molecule has 0 aliphatic heterocycles. The molecule has 3 aromatic carbocycles. The lowest BCUT2D eigenvalue weighted by Gasteiger charge is -2.60. The smallest absolute Gasteiger partial charge is 0.0659 e. The van der Waals surface area contributed by atoms with Gasteiger partial charge in [0.2, 0.25) is 0 Å². The van der Waals surface area contributed by atoms with Crippen LogP contribution in [0.1, 0.15) is 6.92 Å². The normalized spacial score (nSPS) is 13.3. The maximum atomic E-state index is 2.69. The van der Waals surface area contributed by atoms with Gasteiger partial charge >= 0.3 is 0 Å². The van der Waals surface area contributed by atoms with E-state index in [1.165, 1.54) is 0 Å². The summed E-state index contributed by atoms with van der Waals surface area (Å²) >= 11 is 0. The molecular formula is C26H36Si3. The Morgan fingerprint density at radius 1 is 0.414 bits per heavy atom. The van der Waals surface area contributed by atoms with E-state index in [2.05, 4.69) is 137 Å². The Bertz CT molecular complexity index is 804. The molecule has 0 nitrogen and oxygen atoms in total. The van der Waals surface area contributed by atoms with Crippen LogP contribution in [0.15, 0.2) is 91.0 Å². The molecule has 0 radical (unpaired) electrons. The molecule has 0 aliphatic carbocycles. The molecule has 3 rings (SSSR count). The van der Waals surface area contributed by atoms with Crippen LogP contribution >= 0.6 is 0 Å². The van der Waals surface area contributed by atoms with Crippen molar-refractivity contribution in [2.24, 2.45) is 0 Å². The van der Waals surface area contributed by atoms with Gasteiger partial charge in [-0.15, -0.1) is 0 Å². The number of benzene rings is 3. The lowest BCUT2D eigenvalue weighted by molar-refractivity contribution is 1.04. The second-order valence-corrected chi connectivity index (χ2v) is 26.1. The Kier molecular flexibility index (Phi) is 5.96. The monoisotopic (exact) mass is 432 g/mol. The zero-order chi connectivity index (χ0) is 21.3. The molecule has 0 amide bonds. The molecule has 0 unspecified atom stereocenters. The quantitative estimate of drug-likeness (QED) is 0.440. The first-order chi connectivity index (χ1) is 13.6. The van der Waals surface area contributed by atoms with Gasteiger partial charge in [0.25, 0.3) is 0 Å². The maximum Gasteiger partial charge on any atom is 0.0819 e. The van der Waals surface area contributed by atoms with Crippen LogP contribution in [-0.2, 0) is 0 Å². The molecule has 0 aromatic heterocycles. The fraction of sp³-hybridized carbons (Fsp3) is 0.308. The van der Waals surface area contributed by atoms with Gasteiger partial charge in [0.05, 0.1) is 24.2 Å². The summed E-state index contributed by atoms with van der Waals surface area (Å²) in [5.41, 5.74) is 0. The van der Waals surface area contributed by atoms with Crippen molar-refractivity contribution < 1.29 is 0 Å². The standard InChI is InChI=1S/C26H36Si3/c1-26(27(2,3)23-17-11-8-12-18-23,28(4,5)24-19-13-9-14-20-24)29(6,7)25-21-15-10-16-22-25/h8-22H,1-7H3. The largest absolute Gasteiger partial charge is 0.0819 e. The Morgan fingerprint density at radius 2 is 0.621 bits per heavy atom. The maximum absolute atomic E-state index is 2.69. The van der Waals surface area contributed by atoms with Crippen LogP contribution in [0.3, 0.4) is 0 Å². The molecule has 0 fully saturated rings. The highest BCUT2D eigenvalue weighted by Gasteiger charge is 2.63. The van der Waals surface area contributed by atoms with E-state index < -0.39 is 24.2 Å². The molecule has 0 bridgehead atoms.